The third-order valence-corrected chi connectivity index (χ3v) is 1.92. The van der Waals surface area contributed by atoms with Crippen LogP contribution in [0.1, 0.15) is 19.8 Å². The first-order valence-corrected chi connectivity index (χ1v) is 3.71. The topological polar surface area (TPSA) is 55.1 Å². The van der Waals surface area contributed by atoms with Crippen LogP contribution in [0.3, 0.4) is 0 Å². The highest BCUT2D eigenvalue weighted by Gasteiger charge is 2.25. The van der Waals surface area contributed by atoms with Gasteiger partial charge in [-0.25, -0.2) is 0 Å². The van der Waals surface area contributed by atoms with Crippen LogP contribution in [-0.4, -0.2) is 18.5 Å². The van der Waals surface area contributed by atoms with Crippen LogP contribution in [0.2, 0.25) is 0 Å². The smallest absolute Gasteiger partial charge is 0.233 e. The van der Waals surface area contributed by atoms with Gasteiger partial charge in [0, 0.05) is 6.04 Å². The number of hydrogen-bond acceptors (Lipinski definition) is 2. The van der Waals surface area contributed by atoms with E-state index in [0.29, 0.717) is 6.04 Å². The Labute approximate surface area is 61.0 Å². The van der Waals surface area contributed by atoms with Crippen molar-refractivity contribution in [2.24, 2.45) is 11.7 Å². The van der Waals surface area contributed by atoms with Crippen molar-refractivity contribution in [1.82, 2.24) is 5.32 Å². The molecule has 0 aliphatic heterocycles. The molecule has 0 spiro atoms. The zero-order chi connectivity index (χ0) is 7.56. The number of nitrogens with two attached hydrogens (primary N) is 1. The summed E-state index contributed by atoms with van der Waals surface area (Å²) in [5.74, 6) is 0.750. The van der Waals surface area contributed by atoms with E-state index in [9.17, 15) is 4.79 Å². The largest absolute Gasteiger partial charge is 0.352 e. The number of amides is 1. The van der Waals surface area contributed by atoms with Crippen LogP contribution in [0.4, 0.5) is 0 Å². The van der Waals surface area contributed by atoms with Crippen molar-refractivity contribution < 1.29 is 4.79 Å². The van der Waals surface area contributed by atoms with Gasteiger partial charge in [0.05, 0.1) is 6.54 Å². The summed E-state index contributed by atoms with van der Waals surface area (Å²) in [6, 6.07) is 0.408. The van der Waals surface area contributed by atoms with Gasteiger partial charge in [0.25, 0.3) is 0 Å². The maximum absolute atomic E-state index is 10.7. The Hall–Kier alpha value is -0.570. The van der Waals surface area contributed by atoms with Crippen molar-refractivity contribution in [2.45, 2.75) is 25.8 Å². The van der Waals surface area contributed by atoms with Gasteiger partial charge in [-0.2, -0.15) is 0 Å². The minimum absolute atomic E-state index is 0.0306. The molecule has 58 valence electrons. The molecule has 0 atom stereocenters. The Balaban J connectivity index is 2.10. The molecule has 0 saturated heterocycles. The van der Waals surface area contributed by atoms with Gasteiger partial charge in [0.1, 0.15) is 0 Å². The van der Waals surface area contributed by atoms with Crippen molar-refractivity contribution in [3.8, 4) is 0 Å². The predicted octanol–water partition coefficient (Wildman–Crippen LogP) is -0.140. The average molecular weight is 142 g/mol. The van der Waals surface area contributed by atoms with E-state index in [-0.39, 0.29) is 12.5 Å². The molecular weight excluding hydrogens is 128 g/mol. The molecule has 0 aromatic heterocycles. The summed E-state index contributed by atoms with van der Waals surface area (Å²) < 4.78 is 0. The van der Waals surface area contributed by atoms with Crippen molar-refractivity contribution in [2.75, 3.05) is 6.54 Å². The SMILES string of the molecule is CC1CC(NC(=O)CN)C1. The lowest BCUT2D eigenvalue weighted by Crippen LogP contribution is -2.45. The minimum atomic E-state index is -0.0306. The zero-order valence-electron chi connectivity index (χ0n) is 6.26. The van der Waals surface area contributed by atoms with Crippen molar-refractivity contribution >= 4 is 5.91 Å². The Kier molecular flexibility index (Phi) is 2.27. The number of rotatable bonds is 2. The molecule has 1 rings (SSSR count). The summed E-state index contributed by atoms with van der Waals surface area (Å²) >= 11 is 0. The molecule has 1 aliphatic rings. The predicted molar refractivity (Wildman–Crippen MR) is 39.4 cm³/mol. The zero-order valence-corrected chi connectivity index (χ0v) is 6.26. The maximum atomic E-state index is 10.7. The fourth-order valence-electron chi connectivity index (χ4n) is 1.31. The lowest BCUT2D eigenvalue weighted by molar-refractivity contribution is -0.121. The molecule has 3 N–H and O–H groups in total. The number of carbonyl (C=O) groups is 1. The van der Waals surface area contributed by atoms with Crippen LogP contribution < -0.4 is 11.1 Å². The molecule has 1 amide bonds. The van der Waals surface area contributed by atoms with E-state index >= 15 is 0 Å². The number of hydrogen-bond donors (Lipinski definition) is 2. The highest BCUT2D eigenvalue weighted by molar-refractivity contribution is 5.78. The van der Waals surface area contributed by atoms with Crippen molar-refractivity contribution in [3.63, 3.8) is 0 Å². The first-order chi connectivity index (χ1) is 4.72. The van der Waals surface area contributed by atoms with Gasteiger partial charge in [0.15, 0.2) is 0 Å². The van der Waals surface area contributed by atoms with E-state index in [4.69, 9.17) is 5.73 Å². The fraction of sp³-hybridized carbons (Fsp3) is 0.857. The Morgan fingerprint density at radius 3 is 2.70 bits per heavy atom. The summed E-state index contributed by atoms with van der Waals surface area (Å²) in [5, 5.41) is 2.83. The van der Waals surface area contributed by atoms with Crippen molar-refractivity contribution in [1.29, 1.82) is 0 Å². The second-order valence-electron chi connectivity index (χ2n) is 3.05. The van der Waals surface area contributed by atoms with Gasteiger partial charge >= 0.3 is 0 Å². The molecule has 3 heteroatoms. The molecular formula is C7H14N2O. The molecule has 10 heavy (non-hydrogen) atoms. The first-order valence-electron chi connectivity index (χ1n) is 3.71. The molecule has 1 saturated carbocycles. The minimum Gasteiger partial charge on any atom is -0.352 e. The Morgan fingerprint density at radius 1 is 1.70 bits per heavy atom. The van der Waals surface area contributed by atoms with Gasteiger partial charge in [0.2, 0.25) is 5.91 Å². The van der Waals surface area contributed by atoms with Gasteiger partial charge in [-0.1, -0.05) is 6.92 Å². The average Bonchev–Trinajstić information content (AvgIpc) is 1.84. The molecule has 0 heterocycles. The number of carbonyl (C=O) groups excluding carboxylic acids is 1. The van der Waals surface area contributed by atoms with E-state index in [2.05, 4.69) is 12.2 Å². The molecule has 1 aliphatic carbocycles. The molecule has 0 aromatic carbocycles. The van der Waals surface area contributed by atoms with Gasteiger partial charge in [-0.3, -0.25) is 4.79 Å². The van der Waals surface area contributed by atoms with Crippen LogP contribution in [0.5, 0.6) is 0 Å². The summed E-state index contributed by atoms with van der Waals surface area (Å²) in [5.41, 5.74) is 5.12. The summed E-state index contributed by atoms with van der Waals surface area (Å²) in [6.07, 6.45) is 2.23. The number of nitrogens with one attached hydrogen (secondary N) is 1. The lowest BCUT2D eigenvalue weighted by Gasteiger charge is -2.33. The monoisotopic (exact) mass is 142 g/mol. The van der Waals surface area contributed by atoms with E-state index in [0.717, 1.165) is 18.8 Å². The second-order valence-corrected chi connectivity index (χ2v) is 3.05. The van der Waals surface area contributed by atoms with E-state index in [1.165, 1.54) is 0 Å². The quantitative estimate of drug-likeness (QED) is 0.564. The summed E-state index contributed by atoms with van der Waals surface area (Å²) in [4.78, 5) is 10.7. The van der Waals surface area contributed by atoms with Gasteiger partial charge < -0.3 is 11.1 Å². The van der Waals surface area contributed by atoms with Crippen LogP contribution in [0.25, 0.3) is 0 Å². The van der Waals surface area contributed by atoms with Crippen LogP contribution in [0, 0.1) is 5.92 Å². The second kappa shape index (κ2) is 3.01. The molecule has 0 aromatic rings. The van der Waals surface area contributed by atoms with Crippen LogP contribution in [-0.2, 0) is 4.79 Å². The fourth-order valence-corrected chi connectivity index (χ4v) is 1.31. The molecule has 0 radical (unpaired) electrons. The highest BCUT2D eigenvalue weighted by atomic mass is 16.1. The molecule has 1 fully saturated rings. The van der Waals surface area contributed by atoms with E-state index in [1.807, 2.05) is 0 Å². The Bertz CT molecular complexity index is 130. The summed E-state index contributed by atoms with van der Waals surface area (Å²) in [7, 11) is 0. The third kappa shape index (κ3) is 1.70. The van der Waals surface area contributed by atoms with Crippen molar-refractivity contribution in [3.05, 3.63) is 0 Å². The Morgan fingerprint density at radius 2 is 2.30 bits per heavy atom. The van der Waals surface area contributed by atoms with Crippen LogP contribution in [0.15, 0.2) is 0 Å². The first kappa shape index (κ1) is 7.54. The third-order valence-electron chi connectivity index (χ3n) is 1.92. The van der Waals surface area contributed by atoms with E-state index in [1.54, 1.807) is 0 Å². The molecule has 0 unspecified atom stereocenters. The lowest BCUT2D eigenvalue weighted by atomic mass is 9.82. The highest BCUT2D eigenvalue weighted by Crippen LogP contribution is 2.25. The maximum Gasteiger partial charge on any atom is 0.233 e. The summed E-state index contributed by atoms with van der Waals surface area (Å²) in [6.45, 7) is 2.30. The normalized spacial score (nSPS) is 31.0. The van der Waals surface area contributed by atoms with Gasteiger partial charge in [-0.15, -0.1) is 0 Å². The van der Waals surface area contributed by atoms with E-state index < -0.39 is 0 Å². The molecule has 0 bridgehead atoms. The van der Waals surface area contributed by atoms with Crippen LogP contribution >= 0.6 is 0 Å². The molecule has 3 nitrogen and oxygen atoms in total. The van der Waals surface area contributed by atoms with Gasteiger partial charge in [-0.05, 0) is 18.8 Å². The standard InChI is InChI=1S/C7H14N2O/c1-5-2-6(3-5)9-7(10)4-8/h5-6H,2-4,8H2,1H3,(H,9,10).